The van der Waals surface area contributed by atoms with Gasteiger partial charge in [0.15, 0.2) is 0 Å². The van der Waals surface area contributed by atoms with Crippen LogP contribution in [0.25, 0.3) is 0 Å². The van der Waals surface area contributed by atoms with Gasteiger partial charge in [-0.25, -0.2) is 0 Å². The van der Waals surface area contributed by atoms with Gasteiger partial charge in [0.1, 0.15) is 12.1 Å². The molecule has 0 saturated carbocycles. The van der Waals surface area contributed by atoms with Crippen molar-refractivity contribution in [1.29, 1.82) is 0 Å². The fraction of sp³-hybridized carbons (Fsp3) is 0.867. The largest absolute Gasteiger partial charge is 0.383 e. The summed E-state index contributed by atoms with van der Waals surface area (Å²) in [5.74, 6) is -0.0952. The van der Waals surface area contributed by atoms with Crippen molar-refractivity contribution in [3.63, 3.8) is 0 Å². The minimum atomic E-state index is -0.481. The molecule has 5 nitrogen and oxygen atoms in total. The van der Waals surface area contributed by atoms with Crippen LogP contribution in [0, 0.1) is 10.8 Å². The van der Waals surface area contributed by atoms with E-state index in [1.165, 1.54) is 0 Å². The Labute approximate surface area is 122 Å². The van der Waals surface area contributed by atoms with Gasteiger partial charge in [-0.05, 0) is 10.8 Å². The molecule has 1 N–H and O–H groups in total. The van der Waals surface area contributed by atoms with E-state index in [0.29, 0.717) is 13.2 Å². The van der Waals surface area contributed by atoms with Crippen molar-refractivity contribution < 1.29 is 14.3 Å². The fourth-order valence-electron chi connectivity index (χ4n) is 2.59. The number of ether oxygens (including phenoxy) is 1. The lowest BCUT2D eigenvalue weighted by Gasteiger charge is -2.47. The quantitative estimate of drug-likeness (QED) is 0.852. The van der Waals surface area contributed by atoms with Gasteiger partial charge in [-0.15, -0.1) is 0 Å². The van der Waals surface area contributed by atoms with Gasteiger partial charge >= 0.3 is 0 Å². The van der Waals surface area contributed by atoms with Crippen LogP contribution in [0.2, 0.25) is 0 Å². The second-order valence-electron chi connectivity index (χ2n) is 7.60. The van der Waals surface area contributed by atoms with Crippen molar-refractivity contribution in [2.45, 2.75) is 53.6 Å². The van der Waals surface area contributed by atoms with Crippen LogP contribution in [-0.2, 0) is 14.3 Å². The van der Waals surface area contributed by atoms with E-state index in [4.69, 9.17) is 4.74 Å². The number of piperazine rings is 1. The second-order valence-corrected chi connectivity index (χ2v) is 7.60. The average Bonchev–Trinajstić information content (AvgIpc) is 2.26. The van der Waals surface area contributed by atoms with Gasteiger partial charge in [0.2, 0.25) is 11.8 Å². The van der Waals surface area contributed by atoms with Crippen LogP contribution in [0.3, 0.4) is 0 Å². The molecule has 0 aromatic rings. The lowest BCUT2D eigenvalue weighted by Crippen LogP contribution is -2.69. The maximum Gasteiger partial charge on any atom is 0.246 e. The Kier molecular flexibility index (Phi) is 4.85. The van der Waals surface area contributed by atoms with Gasteiger partial charge in [-0.1, -0.05) is 41.5 Å². The molecular formula is C15H28N2O3. The summed E-state index contributed by atoms with van der Waals surface area (Å²) in [6.07, 6.45) is 0. The van der Waals surface area contributed by atoms with E-state index >= 15 is 0 Å². The first-order chi connectivity index (χ1) is 9.00. The number of methoxy groups -OCH3 is 1. The Morgan fingerprint density at radius 1 is 1.10 bits per heavy atom. The molecule has 5 heteroatoms. The van der Waals surface area contributed by atoms with Crippen LogP contribution in [-0.4, -0.2) is 49.1 Å². The molecule has 1 aliphatic rings. The number of hydrogen-bond donors (Lipinski definition) is 1. The molecule has 0 spiro atoms. The topological polar surface area (TPSA) is 58.6 Å². The van der Waals surface area contributed by atoms with Crippen LogP contribution in [0.5, 0.6) is 0 Å². The number of nitrogens with zero attached hydrogens (tertiary/aromatic N) is 1. The fourth-order valence-corrected chi connectivity index (χ4v) is 2.59. The maximum atomic E-state index is 12.7. The highest BCUT2D eigenvalue weighted by Crippen LogP contribution is 2.31. The number of amides is 2. The van der Waals surface area contributed by atoms with Crippen molar-refractivity contribution in [2.75, 3.05) is 20.3 Å². The smallest absolute Gasteiger partial charge is 0.246 e. The average molecular weight is 284 g/mol. The highest BCUT2D eigenvalue weighted by molar-refractivity contribution is 5.97. The second kappa shape index (κ2) is 5.72. The Morgan fingerprint density at radius 3 is 2.05 bits per heavy atom. The van der Waals surface area contributed by atoms with E-state index < -0.39 is 12.1 Å². The van der Waals surface area contributed by atoms with E-state index in [1.54, 1.807) is 12.0 Å². The SMILES string of the molecule is COCCN1C(=O)C(C(C)(C)C)NC(=O)C1C(C)(C)C. The molecule has 2 unspecified atom stereocenters. The van der Waals surface area contributed by atoms with Gasteiger partial charge < -0.3 is 15.0 Å². The molecular weight excluding hydrogens is 256 g/mol. The molecule has 20 heavy (non-hydrogen) atoms. The molecule has 0 aromatic heterocycles. The van der Waals surface area contributed by atoms with Crippen LogP contribution in [0.4, 0.5) is 0 Å². The molecule has 0 aromatic carbocycles. The summed E-state index contributed by atoms with van der Waals surface area (Å²) >= 11 is 0. The van der Waals surface area contributed by atoms with E-state index in [9.17, 15) is 9.59 Å². The highest BCUT2D eigenvalue weighted by atomic mass is 16.5. The zero-order chi connectivity index (χ0) is 15.7. The number of carbonyl (C=O) groups is 2. The minimum Gasteiger partial charge on any atom is -0.383 e. The van der Waals surface area contributed by atoms with E-state index in [2.05, 4.69) is 5.32 Å². The summed E-state index contributed by atoms with van der Waals surface area (Å²) in [5.41, 5.74) is -0.614. The van der Waals surface area contributed by atoms with Crippen molar-refractivity contribution in [3.8, 4) is 0 Å². The normalized spacial score (nSPS) is 24.9. The maximum absolute atomic E-state index is 12.7. The predicted molar refractivity (Wildman–Crippen MR) is 78.2 cm³/mol. The summed E-state index contributed by atoms with van der Waals surface area (Å²) in [4.78, 5) is 26.9. The van der Waals surface area contributed by atoms with Crippen molar-refractivity contribution in [3.05, 3.63) is 0 Å². The first-order valence-corrected chi connectivity index (χ1v) is 7.10. The van der Waals surface area contributed by atoms with Crippen molar-refractivity contribution in [1.82, 2.24) is 10.2 Å². The summed E-state index contributed by atoms with van der Waals surface area (Å²) in [6, 6.07) is -0.936. The third-order valence-corrected chi connectivity index (χ3v) is 3.60. The van der Waals surface area contributed by atoms with Gasteiger partial charge in [-0.3, -0.25) is 9.59 Å². The van der Waals surface area contributed by atoms with Gasteiger partial charge in [0.05, 0.1) is 6.61 Å². The van der Waals surface area contributed by atoms with E-state index in [1.807, 2.05) is 41.5 Å². The van der Waals surface area contributed by atoms with Gasteiger partial charge in [-0.2, -0.15) is 0 Å². The van der Waals surface area contributed by atoms with Crippen LogP contribution >= 0.6 is 0 Å². The number of hydrogen-bond acceptors (Lipinski definition) is 3. The Balaban J connectivity index is 3.11. The number of carbonyl (C=O) groups excluding carboxylic acids is 2. The first kappa shape index (κ1) is 17.0. The molecule has 1 aliphatic heterocycles. The number of nitrogens with one attached hydrogen (secondary N) is 1. The molecule has 0 radical (unpaired) electrons. The lowest BCUT2D eigenvalue weighted by molar-refractivity contribution is -0.157. The summed E-state index contributed by atoms with van der Waals surface area (Å²) in [5, 5.41) is 2.90. The molecule has 1 heterocycles. The molecule has 2 atom stereocenters. The molecule has 0 aliphatic carbocycles. The minimum absolute atomic E-state index is 0.0194. The summed E-state index contributed by atoms with van der Waals surface area (Å²) in [6.45, 7) is 12.7. The molecule has 1 saturated heterocycles. The first-order valence-electron chi connectivity index (χ1n) is 7.10. The van der Waals surface area contributed by atoms with Gasteiger partial charge in [0.25, 0.3) is 0 Å². The zero-order valence-corrected chi connectivity index (χ0v) is 13.7. The molecule has 1 fully saturated rings. The third-order valence-electron chi connectivity index (χ3n) is 3.60. The van der Waals surface area contributed by atoms with E-state index in [0.717, 1.165) is 0 Å². The van der Waals surface area contributed by atoms with Crippen LogP contribution in [0.1, 0.15) is 41.5 Å². The lowest BCUT2D eigenvalue weighted by atomic mass is 9.79. The summed E-state index contributed by atoms with van der Waals surface area (Å²) < 4.78 is 5.08. The number of rotatable bonds is 3. The Hall–Kier alpha value is -1.10. The van der Waals surface area contributed by atoms with Crippen molar-refractivity contribution in [2.24, 2.45) is 10.8 Å². The molecule has 116 valence electrons. The Morgan fingerprint density at radius 2 is 1.65 bits per heavy atom. The van der Waals surface area contributed by atoms with Crippen molar-refractivity contribution >= 4 is 11.8 Å². The summed E-state index contributed by atoms with van der Waals surface area (Å²) in [7, 11) is 1.60. The highest BCUT2D eigenvalue weighted by Gasteiger charge is 2.48. The van der Waals surface area contributed by atoms with Crippen LogP contribution in [0.15, 0.2) is 0 Å². The third kappa shape index (κ3) is 3.51. The van der Waals surface area contributed by atoms with Gasteiger partial charge in [0, 0.05) is 13.7 Å². The standard InChI is InChI=1S/C15H28N2O3/c1-14(2,3)10-13(19)17(8-9-20-7)11(12(18)16-10)15(4,5)6/h10-11H,8-9H2,1-7H3,(H,16,18). The molecule has 1 rings (SSSR count). The molecule has 2 amide bonds. The van der Waals surface area contributed by atoms with Crippen LogP contribution < -0.4 is 5.32 Å². The molecule has 0 bridgehead atoms. The monoisotopic (exact) mass is 284 g/mol. The zero-order valence-electron chi connectivity index (χ0n) is 13.7. The van der Waals surface area contributed by atoms with E-state index in [-0.39, 0.29) is 22.6 Å². The Bertz CT molecular complexity index is 380. The predicted octanol–water partition coefficient (Wildman–Crippen LogP) is 1.42.